The van der Waals surface area contributed by atoms with Crippen molar-refractivity contribution in [2.75, 3.05) is 25.5 Å². The van der Waals surface area contributed by atoms with Gasteiger partial charge in [-0.2, -0.15) is 0 Å². The summed E-state index contributed by atoms with van der Waals surface area (Å²) in [6.07, 6.45) is 1.55. The lowest BCUT2D eigenvalue weighted by molar-refractivity contribution is -0.126. The Bertz CT molecular complexity index is 1050. The first-order valence-electron chi connectivity index (χ1n) is 11.2. The van der Waals surface area contributed by atoms with E-state index in [1.165, 1.54) is 0 Å². The highest BCUT2D eigenvalue weighted by Gasteiger charge is 2.30. The van der Waals surface area contributed by atoms with E-state index < -0.39 is 0 Å². The number of ether oxygens (including phenoxy) is 1. The number of hydrogen-bond acceptors (Lipinski definition) is 3. The molecule has 0 bridgehead atoms. The second kappa shape index (κ2) is 10.7. The maximum atomic E-state index is 13.3. The molecule has 3 amide bonds. The van der Waals surface area contributed by atoms with E-state index in [1.54, 1.807) is 12.0 Å². The Morgan fingerprint density at radius 3 is 2.21 bits per heavy atom. The van der Waals surface area contributed by atoms with Crippen LogP contribution < -0.4 is 15.4 Å². The molecule has 170 valence electrons. The fourth-order valence-electron chi connectivity index (χ4n) is 4.16. The van der Waals surface area contributed by atoms with E-state index in [2.05, 4.69) is 10.6 Å². The van der Waals surface area contributed by atoms with Gasteiger partial charge in [0.25, 0.3) is 0 Å². The number of amides is 3. The molecule has 4 rings (SSSR count). The molecule has 0 aliphatic carbocycles. The summed E-state index contributed by atoms with van der Waals surface area (Å²) in [5.41, 5.74) is 2.73. The zero-order valence-electron chi connectivity index (χ0n) is 18.7. The third-order valence-electron chi connectivity index (χ3n) is 5.97. The third-order valence-corrected chi connectivity index (χ3v) is 5.97. The van der Waals surface area contributed by atoms with E-state index in [-0.39, 0.29) is 23.9 Å². The van der Waals surface area contributed by atoms with Crippen LogP contribution in [0.4, 0.5) is 10.5 Å². The van der Waals surface area contributed by atoms with Gasteiger partial charge in [0, 0.05) is 18.8 Å². The molecule has 2 N–H and O–H groups in total. The molecule has 0 aromatic heterocycles. The van der Waals surface area contributed by atoms with Crippen molar-refractivity contribution in [2.45, 2.75) is 18.9 Å². The van der Waals surface area contributed by atoms with E-state index in [1.807, 2.05) is 84.9 Å². The minimum Gasteiger partial charge on any atom is -0.497 e. The van der Waals surface area contributed by atoms with Crippen LogP contribution in [0.2, 0.25) is 0 Å². The van der Waals surface area contributed by atoms with Crippen LogP contribution >= 0.6 is 0 Å². The van der Waals surface area contributed by atoms with Crippen molar-refractivity contribution < 1.29 is 14.3 Å². The lowest BCUT2D eigenvalue weighted by atomic mass is 9.94. The molecule has 0 radical (unpaired) electrons. The van der Waals surface area contributed by atoms with Crippen molar-refractivity contribution in [1.29, 1.82) is 0 Å². The highest BCUT2D eigenvalue weighted by molar-refractivity contribution is 5.90. The average molecular weight is 444 g/mol. The van der Waals surface area contributed by atoms with Gasteiger partial charge in [0.15, 0.2) is 0 Å². The van der Waals surface area contributed by atoms with Crippen molar-refractivity contribution in [3.05, 3.63) is 96.1 Å². The Labute approximate surface area is 194 Å². The second-order valence-electron chi connectivity index (χ2n) is 8.21. The monoisotopic (exact) mass is 443 g/mol. The van der Waals surface area contributed by atoms with Gasteiger partial charge >= 0.3 is 6.03 Å². The molecule has 1 fully saturated rings. The highest BCUT2D eigenvalue weighted by atomic mass is 16.5. The van der Waals surface area contributed by atoms with Crippen molar-refractivity contribution in [2.24, 2.45) is 5.92 Å². The summed E-state index contributed by atoms with van der Waals surface area (Å²) >= 11 is 0. The number of benzene rings is 3. The Morgan fingerprint density at radius 2 is 1.55 bits per heavy atom. The number of nitrogens with one attached hydrogen (secondary N) is 2. The number of rotatable bonds is 6. The summed E-state index contributed by atoms with van der Waals surface area (Å²) in [6, 6.07) is 26.6. The molecule has 2 atom stereocenters. The van der Waals surface area contributed by atoms with E-state index >= 15 is 0 Å². The second-order valence-corrected chi connectivity index (χ2v) is 8.21. The first kappa shape index (κ1) is 22.4. The molecule has 1 saturated heterocycles. The van der Waals surface area contributed by atoms with Crippen molar-refractivity contribution in [3.8, 4) is 5.75 Å². The quantitative estimate of drug-likeness (QED) is 0.572. The minimum absolute atomic E-state index is 0.0446. The zero-order chi connectivity index (χ0) is 23.0. The lowest BCUT2D eigenvalue weighted by Gasteiger charge is -2.33. The normalized spacial score (nSPS) is 16.5. The van der Waals surface area contributed by atoms with Crippen LogP contribution in [0.1, 0.15) is 30.0 Å². The van der Waals surface area contributed by atoms with Gasteiger partial charge in [-0.25, -0.2) is 4.79 Å². The van der Waals surface area contributed by atoms with E-state index in [9.17, 15) is 9.59 Å². The maximum absolute atomic E-state index is 13.3. The number of para-hydroxylation sites is 1. The van der Waals surface area contributed by atoms with Gasteiger partial charge in [0.1, 0.15) is 5.75 Å². The highest BCUT2D eigenvalue weighted by Crippen LogP contribution is 2.26. The number of carbonyl (C=O) groups is 2. The van der Waals surface area contributed by atoms with Crippen molar-refractivity contribution >= 4 is 17.6 Å². The molecule has 1 heterocycles. The average Bonchev–Trinajstić information content (AvgIpc) is 2.88. The van der Waals surface area contributed by atoms with Crippen LogP contribution in [-0.2, 0) is 4.79 Å². The van der Waals surface area contributed by atoms with Crippen LogP contribution in [0.3, 0.4) is 0 Å². The van der Waals surface area contributed by atoms with E-state index in [0.717, 1.165) is 35.4 Å². The van der Waals surface area contributed by atoms with Crippen molar-refractivity contribution in [1.82, 2.24) is 10.2 Å². The lowest BCUT2D eigenvalue weighted by Crippen LogP contribution is -2.47. The number of nitrogens with zero attached hydrogens (tertiary/aromatic N) is 1. The van der Waals surface area contributed by atoms with Gasteiger partial charge in [-0.3, -0.25) is 4.79 Å². The summed E-state index contributed by atoms with van der Waals surface area (Å²) in [5, 5.41) is 6.15. The van der Waals surface area contributed by atoms with E-state index in [4.69, 9.17) is 4.74 Å². The number of carbonyl (C=O) groups excluding carboxylic acids is 2. The third kappa shape index (κ3) is 5.71. The van der Waals surface area contributed by atoms with Gasteiger partial charge in [0.05, 0.1) is 19.1 Å². The molecule has 33 heavy (non-hydrogen) atoms. The van der Waals surface area contributed by atoms with Gasteiger partial charge in [-0.15, -0.1) is 0 Å². The van der Waals surface area contributed by atoms with Crippen LogP contribution in [0.25, 0.3) is 0 Å². The predicted octanol–water partition coefficient (Wildman–Crippen LogP) is 4.84. The number of hydrogen-bond donors (Lipinski definition) is 2. The number of piperidine rings is 1. The molecule has 3 aromatic rings. The maximum Gasteiger partial charge on any atom is 0.321 e. The molecule has 2 unspecified atom stereocenters. The minimum atomic E-state index is -0.280. The molecule has 6 nitrogen and oxygen atoms in total. The van der Waals surface area contributed by atoms with Crippen LogP contribution in [0, 0.1) is 5.92 Å². The number of methoxy groups -OCH3 is 1. The first-order valence-corrected chi connectivity index (χ1v) is 11.2. The molecule has 3 aromatic carbocycles. The van der Waals surface area contributed by atoms with Crippen LogP contribution in [0.5, 0.6) is 5.75 Å². The summed E-state index contributed by atoms with van der Waals surface area (Å²) in [7, 11) is 1.63. The Hall–Kier alpha value is -3.80. The SMILES string of the molecule is COc1ccc(C(NC(=O)C2CCCN(C(=O)Nc3ccccc3)C2)c2ccccc2)cc1. The molecular weight excluding hydrogens is 414 g/mol. The smallest absolute Gasteiger partial charge is 0.321 e. The number of anilines is 1. The van der Waals surface area contributed by atoms with Gasteiger partial charge in [0.2, 0.25) is 5.91 Å². The predicted molar refractivity (Wildman–Crippen MR) is 129 cm³/mol. The first-order chi connectivity index (χ1) is 16.1. The Morgan fingerprint density at radius 1 is 0.909 bits per heavy atom. The summed E-state index contributed by atoms with van der Waals surface area (Å²) in [5.74, 6) is 0.464. The number of urea groups is 1. The molecule has 0 spiro atoms. The Balaban J connectivity index is 1.46. The topological polar surface area (TPSA) is 70.7 Å². The zero-order valence-corrected chi connectivity index (χ0v) is 18.7. The molecule has 0 saturated carbocycles. The standard InChI is InChI=1S/C27H29N3O3/c1-33-24-16-14-21(15-17-24)25(20-9-4-2-5-10-20)29-26(31)22-11-8-18-30(19-22)27(32)28-23-12-6-3-7-13-23/h2-7,9-10,12-17,22,25H,8,11,18-19H2,1H3,(H,28,32)(H,29,31). The van der Waals surface area contributed by atoms with Gasteiger partial charge in [-0.05, 0) is 48.2 Å². The Kier molecular flexibility index (Phi) is 7.25. The summed E-state index contributed by atoms with van der Waals surface area (Å²) < 4.78 is 5.28. The summed E-state index contributed by atoms with van der Waals surface area (Å²) in [6.45, 7) is 1.04. The van der Waals surface area contributed by atoms with E-state index in [0.29, 0.717) is 13.1 Å². The number of likely N-dealkylation sites (tertiary alicyclic amines) is 1. The molecule has 1 aliphatic heterocycles. The molecular formula is C27H29N3O3. The van der Waals surface area contributed by atoms with Crippen LogP contribution in [-0.4, -0.2) is 37.0 Å². The molecule has 1 aliphatic rings. The van der Waals surface area contributed by atoms with Crippen LogP contribution in [0.15, 0.2) is 84.9 Å². The fourth-order valence-corrected chi connectivity index (χ4v) is 4.16. The largest absolute Gasteiger partial charge is 0.497 e. The van der Waals surface area contributed by atoms with Crippen molar-refractivity contribution in [3.63, 3.8) is 0 Å². The summed E-state index contributed by atoms with van der Waals surface area (Å²) in [4.78, 5) is 27.8. The molecule has 6 heteroatoms. The fraction of sp³-hybridized carbons (Fsp3) is 0.259. The van der Waals surface area contributed by atoms with Gasteiger partial charge < -0.3 is 20.3 Å². The van der Waals surface area contributed by atoms with Gasteiger partial charge in [-0.1, -0.05) is 60.7 Å².